The van der Waals surface area contributed by atoms with E-state index in [0.717, 1.165) is 5.56 Å². The average Bonchev–Trinajstić information content (AvgIpc) is 2.66. The van der Waals surface area contributed by atoms with Gasteiger partial charge in [-0.3, -0.25) is 0 Å². The van der Waals surface area contributed by atoms with Crippen LogP contribution in [0.5, 0.6) is 0 Å². The summed E-state index contributed by atoms with van der Waals surface area (Å²) in [6, 6.07) is 4.84. The number of anilines is 1. The van der Waals surface area contributed by atoms with Gasteiger partial charge in [-0.15, -0.1) is 0 Å². The Kier molecular flexibility index (Phi) is 2.50. The summed E-state index contributed by atoms with van der Waals surface area (Å²) in [4.78, 5) is 13.7. The number of hydrogen-bond donors (Lipinski definition) is 1. The Morgan fingerprint density at radius 2 is 2.31 bits per heavy atom. The van der Waals surface area contributed by atoms with Gasteiger partial charge >= 0.3 is 5.82 Å². The molecule has 2 aromatic rings. The third-order valence-electron chi connectivity index (χ3n) is 2.00. The van der Waals surface area contributed by atoms with E-state index in [-0.39, 0.29) is 5.82 Å². The number of hydrogen-bond acceptors (Lipinski definition) is 5. The van der Waals surface area contributed by atoms with Crippen molar-refractivity contribution in [1.29, 1.82) is 0 Å². The number of aromatic nitrogens is 3. The summed E-state index contributed by atoms with van der Waals surface area (Å²) < 4.78 is 1.48. The van der Waals surface area contributed by atoms with Crippen LogP contribution in [-0.2, 0) is 6.54 Å². The lowest BCUT2D eigenvalue weighted by molar-refractivity contribution is -0.389. The zero-order chi connectivity index (χ0) is 11.5. The first-order chi connectivity index (χ1) is 7.65. The van der Waals surface area contributed by atoms with Gasteiger partial charge in [-0.1, -0.05) is 0 Å². The fourth-order valence-corrected chi connectivity index (χ4v) is 1.32. The Morgan fingerprint density at radius 1 is 1.50 bits per heavy atom. The lowest BCUT2D eigenvalue weighted by atomic mass is 10.2. The van der Waals surface area contributed by atoms with Crippen molar-refractivity contribution >= 4 is 11.6 Å². The summed E-state index contributed by atoms with van der Waals surface area (Å²) in [7, 11) is 0. The topological polar surface area (TPSA) is 99.9 Å². The van der Waals surface area contributed by atoms with E-state index in [4.69, 9.17) is 5.73 Å². The highest BCUT2D eigenvalue weighted by molar-refractivity contribution is 5.31. The van der Waals surface area contributed by atoms with Crippen LogP contribution in [0.4, 0.5) is 11.6 Å². The number of rotatable bonds is 3. The van der Waals surface area contributed by atoms with Crippen molar-refractivity contribution in [2.45, 2.75) is 6.54 Å². The summed E-state index contributed by atoms with van der Waals surface area (Å²) in [5, 5.41) is 14.2. The van der Waals surface area contributed by atoms with Gasteiger partial charge in [0.25, 0.3) is 0 Å². The van der Waals surface area contributed by atoms with Crippen molar-refractivity contribution in [2.75, 3.05) is 5.73 Å². The molecule has 82 valence electrons. The number of nitrogen functional groups attached to an aromatic ring is 1. The van der Waals surface area contributed by atoms with Crippen LogP contribution < -0.4 is 5.73 Å². The summed E-state index contributed by atoms with van der Waals surface area (Å²) in [5.74, 6) is 0.251. The highest BCUT2D eigenvalue weighted by Gasteiger charge is 2.10. The van der Waals surface area contributed by atoms with Gasteiger partial charge in [0.15, 0.2) is 0 Å². The van der Waals surface area contributed by atoms with Crippen LogP contribution >= 0.6 is 0 Å². The average molecular weight is 219 g/mol. The summed E-state index contributed by atoms with van der Waals surface area (Å²) in [6.45, 7) is 0.431. The molecular formula is C9H9N5O2. The van der Waals surface area contributed by atoms with Crippen molar-refractivity contribution in [3.05, 3.63) is 46.3 Å². The van der Waals surface area contributed by atoms with Crippen LogP contribution in [0.15, 0.2) is 30.6 Å². The summed E-state index contributed by atoms with van der Waals surface area (Å²) in [6.07, 6.45) is 3.14. The molecule has 7 nitrogen and oxygen atoms in total. The molecule has 0 aromatic carbocycles. The van der Waals surface area contributed by atoms with Crippen molar-refractivity contribution in [3.63, 3.8) is 0 Å². The minimum absolute atomic E-state index is 0.165. The zero-order valence-corrected chi connectivity index (χ0v) is 8.28. The maximum atomic E-state index is 10.4. The van der Waals surface area contributed by atoms with E-state index < -0.39 is 4.92 Å². The SMILES string of the molecule is Nc1cc(Cn2ccc([N+](=O)[O-])n2)ccn1. The second-order valence-electron chi connectivity index (χ2n) is 3.22. The molecule has 0 saturated carbocycles. The number of pyridine rings is 1. The van der Waals surface area contributed by atoms with E-state index >= 15 is 0 Å². The van der Waals surface area contributed by atoms with Gasteiger partial charge in [0.05, 0.1) is 23.9 Å². The zero-order valence-electron chi connectivity index (χ0n) is 8.28. The lowest BCUT2D eigenvalue weighted by Crippen LogP contribution is -2.02. The Balaban J connectivity index is 2.17. The molecule has 0 aliphatic carbocycles. The highest BCUT2D eigenvalue weighted by atomic mass is 16.6. The summed E-state index contributed by atoms with van der Waals surface area (Å²) >= 11 is 0. The first kappa shape index (κ1) is 10.1. The minimum Gasteiger partial charge on any atom is -0.384 e. The van der Waals surface area contributed by atoms with Crippen LogP contribution in [0.25, 0.3) is 0 Å². The molecule has 0 saturated heterocycles. The van der Waals surface area contributed by atoms with Crippen LogP contribution in [-0.4, -0.2) is 19.7 Å². The van der Waals surface area contributed by atoms with Crippen molar-refractivity contribution in [3.8, 4) is 0 Å². The molecule has 2 N–H and O–H groups in total. The van der Waals surface area contributed by atoms with Crippen molar-refractivity contribution in [1.82, 2.24) is 14.8 Å². The molecule has 2 aromatic heterocycles. The van der Waals surface area contributed by atoms with Gasteiger partial charge in [-0.05, 0) is 22.6 Å². The molecule has 0 spiro atoms. The molecule has 16 heavy (non-hydrogen) atoms. The minimum atomic E-state index is -0.530. The Labute approximate surface area is 90.7 Å². The molecule has 0 amide bonds. The van der Waals surface area contributed by atoms with Gasteiger partial charge < -0.3 is 15.8 Å². The molecule has 2 heterocycles. The Morgan fingerprint density at radius 3 is 2.94 bits per heavy atom. The van der Waals surface area contributed by atoms with Gasteiger partial charge in [0.1, 0.15) is 5.82 Å². The predicted molar refractivity (Wildman–Crippen MR) is 56.6 cm³/mol. The molecule has 0 aliphatic rings. The van der Waals surface area contributed by atoms with Gasteiger partial charge in [0, 0.05) is 6.20 Å². The quantitative estimate of drug-likeness (QED) is 0.608. The predicted octanol–water partition coefficient (Wildman–Crippen LogP) is 0.817. The van der Waals surface area contributed by atoms with E-state index in [0.29, 0.717) is 12.4 Å². The molecule has 7 heteroatoms. The monoisotopic (exact) mass is 219 g/mol. The van der Waals surface area contributed by atoms with E-state index in [1.807, 2.05) is 0 Å². The van der Waals surface area contributed by atoms with Crippen molar-refractivity contribution < 1.29 is 4.92 Å². The second kappa shape index (κ2) is 3.97. The first-order valence-corrected chi connectivity index (χ1v) is 4.53. The van der Waals surface area contributed by atoms with Gasteiger partial charge in [-0.25, -0.2) is 4.98 Å². The molecule has 0 radical (unpaired) electrons. The highest BCUT2D eigenvalue weighted by Crippen LogP contribution is 2.09. The standard InChI is InChI=1S/C9H9N5O2/c10-8-5-7(1-3-11-8)6-13-4-2-9(12-13)14(15)16/h1-5H,6H2,(H2,10,11). The van der Waals surface area contributed by atoms with Gasteiger partial charge in [0.2, 0.25) is 0 Å². The molecule has 0 bridgehead atoms. The molecule has 2 rings (SSSR count). The van der Waals surface area contributed by atoms with Crippen LogP contribution in [0.1, 0.15) is 5.56 Å². The van der Waals surface area contributed by atoms with Crippen LogP contribution in [0, 0.1) is 10.1 Å². The van der Waals surface area contributed by atoms with Crippen LogP contribution in [0.2, 0.25) is 0 Å². The number of nitrogens with zero attached hydrogens (tertiary/aromatic N) is 4. The normalized spacial score (nSPS) is 10.2. The smallest absolute Gasteiger partial charge is 0.384 e. The van der Waals surface area contributed by atoms with Gasteiger partial charge in [-0.2, -0.15) is 4.68 Å². The first-order valence-electron chi connectivity index (χ1n) is 4.53. The maximum absolute atomic E-state index is 10.4. The fourth-order valence-electron chi connectivity index (χ4n) is 1.32. The summed E-state index contributed by atoms with van der Waals surface area (Å²) in [5.41, 5.74) is 6.41. The fraction of sp³-hybridized carbons (Fsp3) is 0.111. The molecule has 0 atom stereocenters. The van der Waals surface area contributed by atoms with E-state index in [2.05, 4.69) is 10.1 Å². The second-order valence-corrected chi connectivity index (χ2v) is 3.22. The molecular weight excluding hydrogens is 210 g/mol. The Hall–Kier alpha value is -2.44. The van der Waals surface area contributed by atoms with Crippen molar-refractivity contribution in [2.24, 2.45) is 0 Å². The Bertz CT molecular complexity index is 522. The lowest BCUT2D eigenvalue weighted by Gasteiger charge is -1.98. The number of nitro groups is 1. The van der Waals surface area contributed by atoms with E-state index in [1.165, 1.54) is 10.7 Å². The maximum Gasteiger partial charge on any atom is 0.389 e. The molecule has 0 unspecified atom stereocenters. The van der Waals surface area contributed by atoms with Crippen LogP contribution in [0.3, 0.4) is 0 Å². The molecule has 0 aliphatic heterocycles. The van der Waals surface area contributed by atoms with E-state index in [9.17, 15) is 10.1 Å². The third-order valence-corrected chi connectivity index (χ3v) is 2.00. The largest absolute Gasteiger partial charge is 0.389 e. The third kappa shape index (κ3) is 2.14. The molecule has 0 fully saturated rings. The van der Waals surface area contributed by atoms with E-state index in [1.54, 1.807) is 24.5 Å². The number of nitrogens with two attached hydrogens (primary N) is 1.